The van der Waals surface area contributed by atoms with Crippen LogP contribution in [0.2, 0.25) is 0 Å². The second-order valence-corrected chi connectivity index (χ2v) is 7.28. The zero-order valence-electron chi connectivity index (χ0n) is 12.6. The van der Waals surface area contributed by atoms with Gasteiger partial charge in [-0.05, 0) is 56.1 Å². The number of benzene rings is 1. The summed E-state index contributed by atoms with van der Waals surface area (Å²) in [6.45, 7) is 2.40. The third-order valence-electron chi connectivity index (χ3n) is 5.81. The maximum atomic E-state index is 6.01. The van der Waals surface area contributed by atoms with Gasteiger partial charge in [-0.25, -0.2) is 4.98 Å². The number of aromatic nitrogens is 2. The predicted octanol–water partition coefficient (Wildman–Crippen LogP) is 4.81. The van der Waals surface area contributed by atoms with Crippen LogP contribution in [0.15, 0.2) is 24.3 Å². The summed E-state index contributed by atoms with van der Waals surface area (Å²) in [4.78, 5) is 4.84. The first kappa shape index (κ1) is 13.6. The van der Waals surface area contributed by atoms with E-state index in [4.69, 9.17) is 16.6 Å². The third-order valence-corrected chi connectivity index (χ3v) is 6.00. The van der Waals surface area contributed by atoms with Crippen molar-refractivity contribution < 1.29 is 0 Å². The largest absolute Gasteiger partial charge is 0.325 e. The first-order valence-corrected chi connectivity index (χ1v) is 8.83. The number of rotatable bonds is 4. The molecule has 2 fully saturated rings. The Labute approximate surface area is 131 Å². The highest BCUT2D eigenvalue weighted by Gasteiger charge is 2.42. The zero-order valence-corrected chi connectivity index (χ0v) is 13.4. The molecule has 2 aliphatic rings. The molecule has 0 N–H and O–H groups in total. The lowest BCUT2D eigenvalue weighted by atomic mass is 9.83. The van der Waals surface area contributed by atoms with Gasteiger partial charge in [0.05, 0.1) is 11.0 Å². The molecule has 0 spiro atoms. The van der Waals surface area contributed by atoms with E-state index in [-0.39, 0.29) is 0 Å². The van der Waals surface area contributed by atoms with Crippen molar-refractivity contribution in [2.45, 2.75) is 45.1 Å². The van der Waals surface area contributed by atoms with Crippen LogP contribution in [0.5, 0.6) is 0 Å². The number of imidazole rings is 1. The first-order valence-electron chi connectivity index (χ1n) is 8.29. The van der Waals surface area contributed by atoms with E-state index in [1.54, 1.807) is 0 Å². The third kappa shape index (κ3) is 2.19. The Hall–Kier alpha value is -1.02. The van der Waals surface area contributed by atoms with Gasteiger partial charge in [-0.3, -0.25) is 0 Å². The molecule has 4 unspecified atom stereocenters. The summed E-state index contributed by atoms with van der Waals surface area (Å²) >= 11 is 6.01. The molecule has 0 radical (unpaired) electrons. The van der Waals surface area contributed by atoms with Gasteiger partial charge in [0.1, 0.15) is 5.82 Å². The Bertz CT molecular complexity index is 648. The first-order chi connectivity index (χ1) is 10.3. The highest BCUT2D eigenvalue weighted by atomic mass is 35.5. The highest BCUT2D eigenvalue weighted by Crippen LogP contribution is 2.52. The molecule has 21 heavy (non-hydrogen) atoms. The fourth-order valence-electron chi connectivity index (χ4n) is 4.89. The molecular weight excluding hydrogens is 280 g/mol. The summed E-state index contributed by atoms with van der Waals surface area (Å²) in [6.07, 6.45) is 6.65. The van der Waals surface area contributed by atoms with Crippen LogP contribution in [0.25, 0.3) is 11.0 Å². The smallest absolute Gasteiger partial charge is 0.111 e. The maximum Gasteiger partial charge on any atom is 0.111 e. The Morgan fingerprint density at radius 1 is 1.29 bits per heavy atom. The Kier molecular flexibility index (Phi) is 3.45. The number of fused-ring (bicyclic) bond motifs is 3. The molecule has 1 aromatic carbocycles. The number of halogens is 1. The molecule has 0 saturated heterocycles. The van der Waals surface area contributed by atoms with Gasteiger partial charge in [0.15, 0.2) is 0 Å². The number of aryl methyl sites for hydroxylation is 1. The molecule has 4 atom stereocenters. The molecule has 2 aromatic rings. The van der Waals surface area contributed by atoms with Gasteiger partial charge in [0.2, 0.25) is 0 Å². The number of para-hydroxylation sites is 2. The van der Waals surface area contributed by atoms with Crippen LogP contribution >= 0.6 is 11.6 Å². The average molecular weight is 303 g/mol. The van der Waals surface area contributed by atoms with Crippen molar-refractivity contribution in [3.05, 3.63) is 30.1 Å². The van der Waals surface area contributed by atoms with E-state index in [0.29, 0.717) is 11.9 Å². The van der Waals surface area contributed by atoms with Gasteiger partial charge in [-0.2, -0.15) is 0 Å². The van der Waals surface area contributed by atoms with Crippen molar-refractivity contribution in [1.29, 1.82) is 0 Å². The quantitative estimate of drug-likeness (QED) is 0.741. The van der Waals surface area contributed by atoms with Gasteiger partial charge < -0.3 is 4.57 Å². The van der Waals surface area contributed by atoms with Crippen LogP contribution in [-0.2, 0) is 6.42 Å². The molecule has 3 heteroatoms. The Morgan fingerprint density at radius 2 is 2.14 bits per heavy atom. The standard InChI is InChI=1S/C18H23ClN2/c1-12(15-11-13-6-7-14(15)10-13)21-17-5-3-2-4-16(17)20-18(21)8-9-19/h2-5,12-15H,6-11H2,1H3. The van der Waals surface area contributed by atoms with Crippen molar-refractivity contribution in [2.24, 2.45) is 17.8 Å². The van der Waals surface area contributed by atoms with Crippen LogP contribution in [0.4, 0.5) is 0 Å². The number of hydrogen-bond acceptors (Lipinski definition) is 1. The SMILES string of the molecule is CC(C1CC2CCC1C2)n1c(CCCl)nc2ccccc21. The summed E-state index contributed by atoms with van der Waals surface area (Å²) in [5.41, 5.74) is 2.40. The topological polar surface area (TPSA) is 17.8 Å². The van der Waals surface area contributed by atoms with Gasteiger partial charge in [-0.1, -0.05) is 18.6 Å². The van der Waals surface area contributed by atoms with Gasteiger partial charge in [0, 0.05) is 18.3 Å². The second kappa shape index (κ2) is 5.31. The average Bonchev–Trinajstić information content (AvgIpc) is 3.20. The molecule has 1 aromatic heterocycles. The minimum atomic E-state index is 0.547. The van der Waals surface area contributed by atoms with Gasteiger partial charge in [-0.15, -0.1) is 11.6 Å². The minimum Gasteiger partial charge on any atom is -0.325 e. The lowest BCUT2D eigenvalue weighted by Crippen LogP contribution is -2.23. The fraction of sp³-hybridized carbons (Fsp3) is 0.611. The Balaban J connectivity index is 1.75. The summed E-state index contributed by atoms with van der Waals surface area (Å²) in [5, 5.41) is 0. The number of alkyl halides is 1. The van der Waals surface area contributed by atoms with E-state index in [2.05, 4.69) is 35.8 Å². The predicted molar refractivity (Wildman–Crippen MR) is 87.8 cm³/mol. The number of nitrogens with zero attached hydrogens (tertiary/aromatic N) is 2. The van der Waals surface area contributed by atoms with E-state index in [1.807, 2.05) is 0 Å². The normalized spacial score (nSPS) is 29.3. The molecule has 0 amide bonds. The van der Waals surface area contributed by atoms with Crippen LogP contribution in [0.1, 0.15) is 44.5 Å². The maximum absolute atomic E-state index is 6.01. The zero-order chi connectivity index (χ0) is 14.4. The number of hydrogen-bond donors (Lipinski definition) is 0. The van der Waals surface area contributed by atoms with E-state index in [9.17, 15) is 0 Å². The van der Waals surface area contributed by atoms with Crippen LogP contribution < -0.4 is 0 Å². The lowest BCUT2D eigenvalue weighted by molar-refractivity contribution is 0.243. The molecular formula is C18H23ClN2. The van der Waals surface area contributed by atoms with Crippen LogP contribution in [0.3, 0.4) is 0 Å². The van der Waals surface area contributed by atoms with Crippen molar-refractivity contribution in [2.75, 3.05) is 5.88 Å². The second-order valence-electron chi connectivity index (χ2n) is 6.91. The monoisotopic (exact) mass is 302 g/mol. The molecule has 112 valence electrons. The molecule has 2 bridgehead atoms. The van der Waals surface area contributed by atoms with Crippen molar-refractivity contribution in [1.82, 2.24) is 9.55 Å². The molecule has 2 saturated carbocycles. The van der Waals surface area contributed by atoms with Gasteiger partial charge >= 0.3 is 0 Å². The van der Waals surface area contributed by atoms with Crippen LogP contribution in [-0.4, -0.2) is 15.4 Å². The molecule has 2 aliphatic carbocycles. The van der Waals surface area contributed by atoms with Crippen LogP contribution in [0, 0.1) is 17.8 Å². The molecule has 2 nitrogen and oxygen atoms in total. The molecule has 0 aliphatic heterocycles. The van der Waals surface area contributed by atoms with Crippen molar-refractivity contribution in [3.8, 4) is 0 Å². The fourth-order valence-corrected chi connectivity index (χ4v) is 5.05. The van der Waals surface area contributed by atoms with Crippen molar-refractivity contribution >= 4 is 22.6 Å². The molecule has 1 heterocycles. The highest BCUT2D eigenvalue weighted by molar-refractivity contribution is 6.17. The molecule has 4 rings (SSSR count). The van der Waals surface area contributed by atoms with Crippen molar-refractivity contribution in [3.63, 3.8) is 0 Å². The van der Waals surface area contributed by atoms with E-state index in [0.717, 1.165) is 29.7 Å². The summed E-state index contributed by atoms with van der Waals surface area (Å²) < 4.78 is 2.49. The summed E-state index contributed by atoms with van der Waals surface area (Å²) in [6, 6.07) is 9.08. The summed E-state index contributed by atoms with van der Waals surface area (Å²) in [7, 11) is 0. The lowest BCUT2D eigenvalue weighted by Gasteiger charge is -2.30. The Morgan fingerprint density at radius 3 is 2.86 bits per heavy atom. The van der Waals surface area contributed by atoms with E-state index >= 15 is 0 Å². The van der Waals surface area contributed by atoms with Gasteiger partial charge in [0.25, 0.3) is 0 Å². The van der Waals surface area contributed by atoms with E-state index in [1.165, 1.54) is 37.0 Å². The summed E-state index contributed by atoms with van der Waals surface area (Å²) in [5.74, 6) is 4.58. The van der Waals surface area contributed by atoms with E-state index < -0.39 is 0 Å². The minimum absolute atomic E-state index is 0.547.